The minimum Gasteiger partial charge on any atom is -0.382 e. The predicted molar refractivity (Wildman–Crippen MR) is 94.1 cm³/mol. The molecule has 6 nitrogen and oxygen atoms in total. The van der Waals surface area contributed by atoms with Gasteiger partial charge < -0.3 is 10.3 Å². The van der Waals surface area contributed by atoms with E-state index < -0.39 is 0 Å². The third kappa shape index (κ3) is 2.28. The molecule has 118 valence electrons. The zero-order valence-corrected chi connectivity index (χ0v) is 13.2. The molecule has 0 radical (unpaired) electrons. The highest BCUT2D eigenvalue weighted by Gasteiger charge is 2.17. The molecule has 0 saturated heterocycles. The Bertz CT molecular complexity index is 1010. The summed E-state index contributed by atoms with van der Waals surface area (Å²) in [5, 5.41) is 0. The first-order chi connectivity index (χ1) is 11.8. The summed E-state index contributed by atoms with van der Waals surface area (Å²) in [6.45, 7) is 2.82. The first-order valence-electron chi connectivity index (χ1n) is 7.76. The van der Waals surface area contributed by atoms with Crippen molar-refractivity contribution < 1.29 is 0 Å². The van der Waals surface area contributed by atoms with Gasteiger partial charge in [-0.25, -0.2) is 15.0 Å². The Hall–Kier alpha value is -3.28. The van der Waals surface area contributed by atoms with Crippen LogP contribution >= 0.6 is 0 Å². The van der Waals surface area contributed by atoms with Crippen LogP contribution < -0.4 is 5.73 Å². The maximum absolute atomic E-state index is 6.10. The summed E-state index contributed by atoms with van der Waals surface area (Å²) >= 11 is 0. The molecule has 24 heavy (non-hydrogen) atoms. The van der Waals surface area contributed by atoms with Crippen molar-refractivity contribution in [3.8, 4) is 22.8 Å². The lowest BCUT2D eigenvalue weighted by atomic mass is 10.1. The maximum atomic E-state index is 6.10. The van der Waals surface area contributed by atoms with Crippen LogP contribution in [0, 0.1) is 0 Å². The van der Waals surface area contributed by atoms with Crippen molar-refractivity contribution in [2.75, 3.05) is 5.73 Å². The number of nitrogen functional groups attached to an aromatic ring is 1. The minimum atomic E-state index is 0.368. The molecule has 1 aromatic carbocycles. The number of aromatic nitrogens is 5. The van der Waals surface area contributed by atoms with Crippen LogP contribution in [0.3, 0.4) is 0 Å². The van der Waals surface area contributed by atoms with E-state index in [0.717, 1.165) is 28.8 Å². The van der Waals surface area contributed by atoms with E-state index in [1.165, 1.54) is 0 Å². The second kappa shape index (κ2) is 5.73. The van der Waals surface area contributed by atoms with Gasteiger partial charge in [-0.2, -0.15) is 0 Å². The van der Waals surface area contributed by atoms with Crippen molar-refractivity contribution in [3.63, 3.8) is 0 Å². The lowest BCUT2D eigenvalue weighted by Crippen LogP contribution is -2.04. The Labute approximate surface area is 139 Å². The fourth-order valence-corrected chi connectivity index (χ4v) is 2.79. The average Bonchev–Trinajstić information content (AvgIpc) is 3.01. The van der Waals surface area contributed by atoms with E-state index in [4.69, 9.17) is 10.7 Å². The standard InChI is InChI=1S/C18H16N6/c1-2-24-15-8-9-20-10-14(15)23-18(24)16-17(19)21-11-13(22-16)12-6-4-3-5-7-12/h3-11H,2H2,1H3,(H2,19,21). The molecule has 0 amide bonds. The number of hydrogen-bond donors (Lipinski definition) is 1. The molecular weight excluding hydrogens is 300 g/mol. The second-order valence-corrected chi connectivity index (χ2v) is 5.40. The fraction of sp³-hybridized carbons (Fsp3) is 0.111. The first-order valence-corrected chi connectivity index (χ1v) is 7.76. The number of fused-ring (bicyclic) bond motifs is 1. The number of nitrogens with zero attached hydrogens (tertiary/aromatic N) is 5. The topological polar surface area (TPSA) is 82.5 Å². The van der Waals surface area contributed by atoms with Crippen LogP contribution in [0.25, 0.3) is 33.8 Å². The number of hydrogen-bond acceptors (Lipinski definition) is 5. The van der Waals surface area contributed by atoms with E-state index in [9.17, 15) is 0 Å². The van der Waals surface area contributed by atoms with Crippen LogP contribution in [-0.4, -0.2) is 24.5 Å². The Morgan fingerprint density at radius 3 is 2.67 bits per heavy atom. The van der Waals surface area contributed by atoms with Gasteiger partial charge in [-0.1, -0.05) is 30.3 Å². The Morgan fingerprint density at radius 2 is 1.88 bits per heavy atom. The van der Waals surface area contributed by atoms with Crippen molar-refractivity contribution in [1.29, 1.82) is 0 Å². The molecule has 0 aliphatic heterocycles. The van der Waals surface area contributed by atoms with Gasteiger partial charge in [0.15, 0.2) is 11.6 Å². The van der Waals surface area contributed by atoms with E-state index >= 15 is 0 Å². The van der Waals surface area contributed by atoms with Crippen LogP contribution in [-0.2, 0) is 6.54 Å². The molecule has 4 aromatic rings. The normalized spacial score (nSPS) is 11.0. The number of nitrogens with two attached hydrogens (primary N) is 1. The second-order valence-electron chi connectivity index (χ2n) is 5.40. The summed E-state index contributed by atoms with van der Waals surface area (Å²) in [7, 11) is 0. The monoisotopic (exact) mass is 316 g/mol. The Balaban J connectivity index is 1.94. The van der Waals surface area contributed by atoms with E-state index in [1.54, 1.807) is 18.6 Å². The molecule has 0 spiro atoms. The van der Waals surface area contributed by atoms with Gasteiger partial charge >= 0.3 is 0 Å². The molecule has 6 heteroatoms. The SMILES string of the molecule is CCn1c(-c2nc(-c3ccccc3)cnc2N)nc2cnccc21. The third-order valence-electron chi connectivity index (χ3n) is 3.95. The Morgan fingerprint density at radius 1 is 1.04 bits per heavy atom. The van der Waals surface area contributed by atoms with Crippen molar-refractivity contribution in [2.24, 2.45) is 0 Å². The van der Waals surface area contributed by atoms with Gasteiger partial charge in [0.05, 0.1) is 23.6 Å². The number of imidazole rings is 1. The van der Waals surface area contributed by atoms with Crippen molar-refractivity contribution in [3.05, 3.63) is 55.0 Å². The lowest BCUT2D eigenvalue weighted by Gasteiger charge is -2.09. The molecule has 0 aliphatic rings. The van der Waals surface area contributed by atoms with Gasteiger partial charge in [0, 0.05) is 18.3 Å². The van der Waals surface area contributed by atoms with E-state index in [1.807, 2.05) is 36.4 Å². The van der Waals surface area contributed by atoms with Gasteiger partial charge in [-0.05, 0) is 13.0 Å². The Kier molecular flexibility index (Phi) is 3.42. The maximum Gasteiger partial charge on any atom is 0.163 e. The summed E-state index contributed by atoms with van der Waals surface area (Å²) in [6, 6.07) is 11.9. The zero-order valence-electron chi connectivity index (χ0n) is 13.2. The lowest BCUT2D eigenvalue weighted by molar-refractivity contribution is 0.793. The van der Waals surface area contributed by atoms with Crippen molar-refractivity contribution in [1.82, 2.24) is 24.5 Å². The van der Waals surface area contributed by atoms with E-state index in [2.05, 4.69) is 26.4 Å². The highest BCUT2D eigenvalue weighted by Crippen LogP contribution is 2.28. The van der Waals surface area contributed by atoms with Gasteiger partial charge in [0.2, 0.25) is 0 Å². The molecule has 0 saturated carbocycles. The summed E-state index contributed by atoms with van der Waals surface area (Å²) in [5.41, 5.74) is 10.3. The molecule has 0 fully saturated rings. The minimum absolute atomic E-state index is 0.368. The number of anilines is 1. The van der Waals surface area contributed by atoms with Gasteiger partial charge in [-0.3, -0.25) is 4.98 Å². The highest BCUT2D eigenvalue weighted by atomic mass is 15.1. The number of rotatable bonds is 3. The summed E-state index contributed by atoms with van der Waals surface area (Å²) in [5.74, 6) is 1.08. The summed E-state index contributed by atoms with van der Waals surface area (Å²) in [4.78, 5) is 17.9. The number of aryl methyl sites for hydroxylation is 1. The largest absolute Gasteiger partial charge is 0.382 e. The highest BCUT2D eigenvalue weighted by molar-refractivity contribution is 5.81. The third-order valence-corrected chi connectivity index (χ3v) is 3.95. The van der Waals surface area contributed by atoms with Gasteiger partial charge in [0.1, 0.15) is 11.2 Å². The molecule has 0 bridgehead atoms. The molecule has 0 aliphatic carbocycles. The quantitative estimate of drug-likeness (QED) is 0.628. The van der Waals surface area contributed by atoms with Gasteiger partial charge in [-0.15, -0.1) is 0 Å². The molecule has 3 aromatic heterocycles. The van der Waals surface area contributed by atoms with Crippen molar-refractivity contribution in [2.45, 2.75) is 13.5 Å². The van der Waals surface area contributed by atoms with E-state index in [-0.39, 0.29) is 0 Å². The van der Waals surface area contributed by atoms with E-state index in [0.29, 0.717) is 17.3 Å². The predicted octanol–water partition coefficient (Wildman–Crippen LogP) is 3.16. The molecule has 4 rings (SSSR count). The summed E-state index contributed by atoms with van der Waals surface area (Å²) in [6.07, 6.45) is 5.19. The zero-order chi connectivity index (χ0) is 16.5. The summed E-state index contributed by atoms with van der Waals surface area (Å²) < 4.78 is 2.08. The van der Waals surface area contributed by atoms with Crippen LogP contribution in [0.5, 0.6) is 0 Å². The van der Waals surface area contributed by atoms with Crippen molar-refractivity contribution >= 4 is 16.9 Å². The molecule has 3 heterocycles. The van der Waals surface area contributed by atoms with Crippen LogP contribution in [0.15, 0.2) is 55.0 Å². The van der Waals surface area contributed by atoms with Crippen LogP contribution in [0.1, 0.15) is 6.92 Å². The molecular formula is C18H16N6. The van der Waals surface area contributed by atoms with Gasteiger partial charge in [0.25, 0.3) is 0 Å². The first kappa shape index (κ1) is 14.3. The molecule has 0 unspecified atom stereocenters. The molecule has 2 N–H and O–H groups in total. The fourth-order valence-electron chi connectivity index (χ4n) is 2.79. The van der Waals surface area contributed by atoms with Crippen LogP contribution in [0.4, 0.5) is 5.82 Å². The number of benzene rings is 1. The van der Waals surface area contributed by atoms with Crippen LogP contribution in [0.2, 0.25) is 0 Å². The molecule has 0 atom stereocenters. The smallest absolute Gasteiger partial charge is 0.163 e. The average molecular weight is 316 g/mol. The number of pyridine rings is 1.